The topological polar surface area (TPSA) is 87.1 Å². The summed E-state index contributed by atoms with van der Waals surface area (Å²) in [4.78, 5) is 12.0. The van der Waals surface area contributed by atoms with Crippen molar-refractivity contribution in [2.45, 2.75) is 24.3 Å². The van der Waals surface area contributed by atoms with Crippen molar-refractivity contribution in [1.82, 2.24) is 8.87 Å². The number of aromatic nitrogens is 1. The van der Waals surface area contributed by atoms with Crippen molar-refractivity contribution >= 4 is 10.0 Å². The lowest BCUT2D eigenvalue weighted by molar-refractivity contribution is 0.214. The summed E-state index contributed by atoms with van der Waals surface area (Å²) < 4.78 is 45.4. The highest BCUT2D eigenvalue weighted by molar-refractivity contribution is 7.89. The first-order valence-corrected chi connectivity index (χ1v) is 10.3. The quantitative estimate of drug-likeness (QED) is 0.721. The van der Waals surface area contributed by atoms with Gasteiger partial charge in [-0.05, 0) is 31.5 Å². The van der Waals surface area contributed by atoms with Crippen LogP contribution in [-0.2, 0) is 17.1 Å². The second-order valence-electron chi connectivity index (χ2n) is 6.64. The molecule has 1 aliphatic heterocycles. The van der Waals surface area contributed by atoms with Gasteiger partial charge in [-0.1, -0.05) is 0 Å². The van der Waals surface area contributed by atoms with Gasteiger partial charge < -0.3 is 18.8 Å². The minimum absolute atomic E-state index is 0.0550. The van der Waals surface area contributed by atoms with Gasteiger partial charge in [0.05, 0.1) is 20.8 Å². The number of benzene rings is 1. The van der Waals surface area contributed by atoms with Crippen LogP contribution in [0, 0.1) is 6.92 Å². The maximum absolute atomic E-state index is 13.1. The van der Waals surface area contributed by atoms with Gasteiger partial charge in [-0.25, -0.2) is 8.42 Å². The van der Waals surface area contributed by atoms with Crippen LogP contribution in [0.5, 0.6) is 17.2 Å². The molecule has 28 heavy (non-hydrogen) atoms. The molecule has 0 N–H and O–H groups in total. The molecule has 1 saturated heterocycles. The second-order valence-corrected chi connectivity index (χ2v) is 8.54. The smallest absolute Gasteiger partial charge is 0.254 e. The highest BCUT2D eigenvalue weighted by Gasteiger charge is 2.35. The number of methoxy groups -OCH3 is 2. The molecule has 0 bridgehead atoms. The van der Waals surface area contributed by atoms with Crippen LogP contribution in [0.25, 0.3) is 0 Å². The van der Waals surface area contributed by atoms with E-state index >= 15 is 0 Å². The Morgan fingerprint density at radius 1 is 1.07 bits per heavy atom. The molecule has 1 aliphatic rings. The molecule has 1 fully saturated rings. The first-order chi connectivity index (χ1) is 13.3. The summed E-state index contributed by atoms with van der Waals surface area (Å²) in [6, 6.07) is 7.84. The molecule has 9 heteroatoms. The molecular formula is C19H24N2O6S. The van der Waals surface area contributed by atoms with E-state index in [9.17, 15) is 13.2 Å². The van der Waals surface area contributed by atoms with Crippen molar-refractivity contribution in [1.29, 1.82) is 0 Å². The van der Waals surface area contributed by atoms with Gasteiger partial charge in [-0.3, -0.25) is 4.79 Å². The number of nitrogens with zero attached hydrogens (tertiary/aromatic N) is 2. The molecule has 0 spiro atoms. The van der Waals surface area contributed by atoms with Crippen molar-refractivity contribution in [3.05, 3.63) is 46.4 Å². The molecule has 0 saturated carbocycles. The lowest BCUT2D eigenvalue weighted by Gasteiger charge is -2.19. The summed E-state index contributed by atoms with van der Waals surface area (Å²) in [7, 11) is 0.809. The van der Waals surface area contributed by atoms with Crippen LogP contribution in [0.1, 0.15) is 12.1 Å². The summed E-state index contributed by atoms with van der Waals surface area (Å²) in [6.07, 6.45) is 0.192. The monoisotopic (exact) mass is 408 g/mol. The number of ether oxygens (including phenoxy) is 3. The van der Waals surface area contributed by atoms with E-state index in [1.165, 1.54) is 35.2 Å². The lowest BCUT2D eigenvalue weighted by atomic mass is 10.3. The third-order valence-electron chi connectivity index (χ3n) is 4.88. The van der Waals surface area contributed by atoms with E-state index in [2.05, 4.69) is 0 Å². The van der Waals surface area contributed by atoms with Crippen LogP contribution in [0.2, 0.25) is 0 Å². The Morgan fingerprint density at radius 2 is 1.82 bits per heavy atom. The van der Waals surface area contributed by atoms with E-state index in [1.54, 1.807) is 25.2 Å². The maximum atomic E-state index is 13.1. The van der Waals surface area contributed by atoms with E-state index in [4.69, 9.17) is 14.2 Å². The minimum Gasteiger partial charge on any atom is -0.497 e. The average molecular weight is 408 g/mol. The molecule has 1 unspecified atom stereocenters. The Bertz CT molecular complexity index is 1030. The lowest BCUT2D eigenvalue weighted by Crippen LogP contribution is -2.31. The Morgan fingerprint density at radius 3 is 2.46 bits per heavy atom. The van der Waals surface area contributed by atoms with E-state index in [0.29, 0.717) is 24.5 Å². The Kier molecular flexibility index (Phi) is 5.66. The van der Waals surface area contributed by atoms with Crippen molar-refractivity contribution in [2.75, 3.05) is 27.3 Å². The molecule has 8 nitrogen and oxygen atoms in total. The summed E-state index contributed by atoms with van der Waals surface area (Å²) >= 11 is 0. The zero-order valence-electron chi connectivity index (χ0n) is 16.3. The van der Waals surface area contributed by atoms with Gasteiger partial charge in [0, 0.05) is 31.4 Å². The first kappa shape index (κ1) is 20.2. The Balaban J connectivity index is 1.80. The molecule has 1 aromatic heterocycles. The molecule has 152 valence electrons. The Hall–Kier alpha value is -2.52. The number of hydrogen-bond acceptors (Lipinski definition) is 6. The first-order valence-electron chi connectivity index (χ1n) is 8.82. The van der Waals surface area contributed by atoms with Crippen LogP contribution >= 0.6 is 0 Å². The van der Waals surface area contributed by atoms with Crippen LogP contribution < -0.4 is 19.8 Å². The zero-order valence-corrected chi connectivity index (χ0v) is 17.2. The molecular weight excluding hydrogens is 384 g/mol. The minimum atomic E-state index is -3.78. The van der Waals surface area contributed by atoms with E-state index < -0.39 is 10.0 Å². The number of pyridine rings is 1. The van der Waals surface area contributed by atoms with E-state index in [-0.39, 0.29) is 28.9 Å². The second kappa shape index (κ2) is 7.84. The van der Waals surface area contributed by atoms with E-state index in [1.807, 2.05) is 6.92 Å². The van der Waals surface area contributed by atoms with Crippen LogP contribution in [-0.4, -0.2) is 50.7 Å². The maximum Gasteiger partial charge on any atom is 0.254 e. The summed E-state index contributed by atoms with van der Waals surface area (Å²) in [5.74, 6) is 1.14. The van der Waals surface area contributed by atoms with Gasteiger partial charge in [0.15, 0.2) is 0 Å². The largest absolute Gasteiger partial charge is 0.497 e. The third kappa shape index (κ3) is 3.85. The fraction of sp³-hybridized carbons (Fsp3) is 0.421. The molecule has 1 aromatic carbocycles. The fourth-order valence-corrected chi connectivity index (χ4v) is 4.79. The summed E-state index contributed by atoms with van der Waals surface area (Å²) in [5, 5.41) is 0. The standard InChI is InChI=1S/C19H24N2O6S/c1-13-9-16(11-19(22)20(13)2)27-15-7-8-21(12-15)28(23,24)18-10-14(25-3)5-6-17(18)26-4/h5-6,9-11,15H,7-8,12H2,1-4H3. The summed E-state index contributed by atoms with van der Waals surface area (Å²) in [6.45, 7) is 2.32. The van der Waals surface area contributed by atoms with Crippen LogP contribution in [0.15, 0.2) is 40.0 Å². The van der Waals surface area contributed by atoms with Gasteiger partial charge in [0.2, 0.25) is 10.0 Å². The predicted molar refractivity (Wildman–Crippen MR) is 104 cm³/mol. The van der Waals surface area contributed by atoms with Gasteiger partial charge in [-0.15, -0.1) is 0 Å². The molecule has 0 amide bonds. The molecule has 2 aromatic rings. The molecule has 3 rings (SSSR count). The third-order valence-corrected chi connectivity index (χ3v) is 6.76. The van der Waals surface area contributed by atoms with Crippen molar-refractivity contribution in [2.24, 2.45) is 7.05 Å². The van der Waals surface area contributed by atoms with Crippen LogP contribution in [0.3, 0.4) is 0 Å². The van der Waals surface area contributed by atoms with E-state index in [0.717, 1.165) is 5.69 Å². The molecule has 0 aliphatic carbocycles. The highest BCUT2D eigenvalue weighted by atomic mass is 32.2. The van der Waals surface area contributed by atoms with Crippen molar-refractivity contribution in [3.8, 4) is 17.2 Å². The SMILES string of the molecule is COc1ccc(OC)c(S(=O)(=O)N2CCC(Oc3cc(C)n(C)c(=O)c3)C2)c1. The zero-order chi connectivity index (χ0) is 20.5. The number of aryl methyl sites for hydroxylation is 1. The Labute approximate surface area is 164 Å². The highest BCUT2D eigenvalue weighted by Crippen LogP contribution is 2.32. The van der Waals surface area contributed by atoms with Gasteiger partial charge >= 0.3 is 0 Å². The normalized spacial score (nSPS) is 17.5. The number of rotatable bonds is 6. The average Bonchev–Trinajstić information content (AvgIpc) is 3.14. The number of hydrogen-bond donors (Lipinski definition) is 0. The van der Waals surface area contributed by atoms with Gasteiger partial charge in [-0.2, -0.15) is 4.31 Å². The summed E-state index contributed by atoms with van der Waals surface area (Å²) in [5.41, 5.74) is 0.602. The predicted octanol–water partition coefficient (Wildman–Crippen LogP) is 1.55. The number of sulfonamides is 1. The molecule has 1 atom stereocenters. The van der Waals surface area contributed by atoms with Gasteiger partial charge in [0.1, 0.15) is 28.2 Å². The van der Waals surface area contributed by atoms with Gasteiger partial charge in [0.25, 0.3) is 5.56 Å². The van der Waals surface area contributed by atoms with Crippen molar-refractivity contribution in [3.63, 3.8) is 0 Å². The van der Waals surface area contributed by atoms with Crippen LogP contribution in [0.4, 0.5) is 0 Å². The molecule has 0 radical (unpaired) electrons. The van der Waals surface area contributed by atoms with Crippen molar-refractivity contribution < 1.29 is 22.6 Å². The molecule has 2 heterocycles. The fourth-order valence-electron chi connectivity index (χ4n) is 3.13.